The summed E-state index contributed by atoms with van der Waals surface area (Å²) in [7, 11) is 0. The van der Waals surface area contributed by atoms with Crippen molar-refractivity contribution in [3.05, 3.63) is 35.4 Å². The monoisotopic (exact) mass is 215 g/mol. The van der Waals surface area contributed by atoms with Gasteiger partial charge in [-0.1, -0.05) is 24.3 Å². The van der Waals surface area contributed by atoms with Gasteiger partial charge in [-0.3, -0.25) is 0 Å². The molecule has 16 heavy (non-hydrogen) atoms. The Balaban J connectivity index is 1.89. The summed E-state index contributed by atoms with van der Waals surface area (Å²) in [5, 5.41) is 3.55. The van der Waals surface area contributed by atoms with Crippen molar-refractivity contribution in [3.63, 3.8) is 0 Å². The molecule has 0 aromatic heterocycles. The fourth-order valence-electron chi connectivity index (χ4n) is 4.08. The van der Waals surface area contributed by atoms with Crippen molar-refractivity contribution in [1.82, 2.24) is 5.32 Å². The van der Waals surface area contributed by atoms with Gasteiger partial charge < -0.3 is 10.1 Å². The maximum absolute atomic E-state index is 6.30. The highest BCUT2D eigenvalue weighted by molar-refractivity contribution is 5.38. The maximum atomic E-state index is 6.30. The Morgan fingerprint density at radius 1 is 1.12 bits per heavy atom. The summed E-state index contributed by atoms with van der Waals surface area (Å²) in [5.41, 5.74) is 2.98. The minimum absolute atomic E-state index is 0.0713. The minimum atomic E-state index is 0.0713. The van der Waals surface area contributed by atoms with Crippen LogP contribution in [0.5, 0.6) is 0 Å². The molecule has 84 valence electrons. The summed E-state index contributed by atoms with van der Waals surface area (Å²) < 4.78 is 6.30. The Labute approximate surface area is 96.0 Å². The van der Waals surface area contributed by atoms with E-state index in [4.69, 9.17) is 4.74 Å². The lowest BCUT2D eigenvalue weighted by Crippen LogP contribution is -2.49. The molecule has 1 aromatic rings. The van der Waals surface area contributed by atoms with Crippen LogP contribution in [-0.4, -0.2) is 13.1 Å². The van der Waals surface area contributed by atoms with Crippen LogP contribution >= 0.6 is 0 Å². The van der Waals surface area contributed by atoms with Crippen molar-refractivity contribution >= 4 is 0 Å². The molecule has 2 heterocycles. The summed E-state index contributed by atoms with van der Waals surface area (Å²) in [6.07, 6.45) is 2.65. The van der Waals surface area contributed by atoms with Crippen molar-refractivity contribution in [2.75, 3.05) is 13.1 Å². The van der Waals surface area contributed by atoms with E-state index in [0.717, 1.165) is 19.7 Å². The molecule has 2 nitrogen and oxygen atoms in total. The van der Waals surface area contributed by atoms with Crippen molar-refractivity contribution in [2.24, 2.45) is 11.8 Å². The van der Waals surface area contributed by atoms with Gasteiger partial charge in [-0.2, -0.15) is 0 Å². The second-order valence-corrected chi connectivity index (χ2v) is 5.37. The van der Waals surface area contributed by atoms with E-state index in [1.807, 2.05) is 0 Å². The van der Waals surface area contributed by atoms with E-state index >= 15 is 0 Å². The molecule has 1 aliphatic carbocycles. The van der Waals surface area contributed by atoms with Gasteiger partial charge in [0.2, 0.25) is 0 Å². The van der Waals surface area contributed by atoms with Gasteiger partial charge in [-0.05, 0) is 24.0 Å². The van der Waals surface area contributed by atoms with Crippen LogP contribution in [0.1, 0.15) is 24.0 Å². The molecular formula is C14H17NO. The van der Waals surface area contributed by atoms with Crippen molar-refractivity contribution in [3.8, 4) is 0 Å². The minimum Gasteiger partial charge on any atom is -0.365 e. The summed E-state index contributed by atoms with van der Waals surface area (Å²) >= 11 is 0. The third-order valence-corrected chi connectivity index (χ3v) is 4.76. The third kappa shape index (κ3) is 0.950. The SMILES string of the molecule is c1ccc2c(c1)COC21C2CCC1CNC2. The number of rotatable bonds is 0. The lowest BCUT2D eigenvalue weighted by molar-refractivity contribution is -0.108. The summed E-state index contributed by atoms with van der Waals surface area (Å²) in [5.74, 6) is 1.38. The zero-order chi connectivity index (χ0) is 10.6. The molecule has 2 aliphatic heterocycles. The van der Waals surface area contributed by atoms with Gasteiger partial charge in [-0.25, -0.2) is 0 Å². The van der Waals surface area contributed by atoms with Crippen LogP contribution < -0.4 is 5.32 Å². The van der Waals surface area contributed by atoms with Crippen molar-refractivity contribution in [2.45, 2.75) is 25.0 Å². The van der Waals surface area contributed by atoms with E-state index in [1.54, 1.807) is 0 Å². The Kier molecular flexibility index (Phi) is 1.77. The smallest absolute Gasteiger partial charge is 0.102 e. The normalized spacial score (nSPS) is 40.2. The number of hydrogen-bond acceptors (Lipinski definition) is 2. The molecule has 1 N–H and O–H groups in total. The van der Waals surface area contributed by atoms with Crippen LogP contribution in [0, 0.1) is 11.8 Å². The molecule has 2 atom stereocenters. The number of fused-ring (bicyclic) bond motifs is 1. The average Bonchev–Trinajstić information content (AvgIpc) is 2.76. The second kappa shape index (κ2) is 3.08. The first-order chi connectivity index (χ1) is 7.91. The van der Waals surface area contributed by atoms with Gasteiger partial charge in [0.15, 0.2) is 0 Å². The van der Waals surface area contributed by atoms with Crippen LogP contribution in [0.3, 0.4) is 0 Å². The molecule has 1 spiro atoms. The fourth-order valence-corrected chi connectivity index (χ4v) is 4.08. The molecule has 0 radical (unpaired) electrons. The van der Waals surface area contributed by atoms with Crippen LogP contribution in [-0.2, 0) is 16.9 Å². The third-order valence-electron chi connectivity index (χ3n) is 4.76. The largest absolute Gasteiger partial charge is 0.365 e. The van der Waals surface area contributed by atoms with Crippen molar-refractivity contribution < 1.29 is 4.74 Å². The summed E-state index contributed by atoms with van der Waals surface area (Å²) in [4.78, 5) is 0. The van der Waals surface area contributed by atoms with Crippen LogP contribution in [0.4, 0.5) is 0 Å². The summed E-state index contributed by atoms with van der Waals surface area (Å²) in [6.45, 7) is 3.08. The molecule has 1 saturated carbocycles. The Bertz CT molecular complexity index is 412. The van der Waals surface area contributed by atoms with Gasteiger partial charge in [-0.15, -0.1) is 0 Å². The van der Waals surface area contributed by atoms with E-state index in [2.05, 4.69) is 29.6 Å². The predicted molar refractivity (Wildman–Crippen MR) is 62.0 cm³/mol. The molecule has 0 amide bonds. The first-order valence-corrected chi connectivity index (χ1v) is 6.34. The van der Waals surface area contributed by atoms with Crippen LogP contribution in [0.15, 0.2) is 24.3 Å². The van der Waals surface area contributed by atoms with Gasteiger partial charge in [0, 0.05) is 24.9 Å². The molecule has 1 saturated heterocycles. The predicted octanol–water partition coefficient (Wildman–Crippen LogP) is 2.04. The van der Waals surface area contributed by atoms with Gasteiger partial charge in [0.25, 0.3) is 0 Å². The number of piperidine rings is 1. The zero-order valence-corrected chi connectivity index (χ0v) is 9.41. The highest BCUT2D eigenvalue weighted by atomic mass is 16.5. The lowest BCUT2D eigenvalue weighted by Gasteiger charge is -2.41. The number of benzene rings is 1. The van der Waals surface area contributed by atoms with E-state index in [9.17, 15) is 0 Å². The standard InChI is InChI=1S/C14H17NO/c1-2-4-13-10(3-1)9-16-14(13)11-5-6-12(14)8-15-7-11/h1-4,11-12,15H,5-9H2. The van der Waals surface area contributed by atoms with Gasteiger partial charge >= 0.3 is 0 Å². The van der Waals surface area contributed by atoms with Gasteiger partial charge in [0.1, 0.15) is 5.60 Å². The number of nitrogens with one attached hydrogen (secondary N) is 1. The molecule has 2 heteroatoms. The fraction of sp³-hybridized carbons (Fsp3) is 0.571. The Morgan fingerprint density at radius 3 is 2.69 bits per heavy atom. The first-order valence-electron chi connectivity index (χ1n) is 6.34. The highest BCUT2D eigenvalue weighted by Crippen LogP contribution is 2.56. The quantitative estimate of drug-likeness (QED) is 0.715. The number of ether oxygens (including phenoxy) is 1. The Morgan fingerprint density at radius 2 is 1.88 bits per heavy atom. The second-order valence-electron chi connectivity index (χ2n) is 5.37. The molecule has 2 fully saturated rings. The van der Waals surface area contributed by atoms with E-state index in [-0.39, 0.29) is 5.60 Å². The van der Waals surface area contributed by atoms with Crippen molar-refractivity contribution in [1.29, 1.82) is 0 Å². The maximum Gasteiger partial charge on any atom is 0.102 e. The van der Waals surface area contributed by atoms with Gasteiger partial charge in [0.05, 0.1) is 6.61 Å². The molecule has 4 rings (SSSR count). The average molecular weight is 215 g/mol. The molecule has 2 bridgehead atoms. The molecular weight excluding hydrogens is 198 g/mol. The molecule has 2 unspecified atom stereocenters. The number of hydrogen-bond donors (Lipinski definition) is 1. The Hall–Kier alpha value is -0.860. The first kappa shape index (κ1) is 9.20. The zero-order valence-electron chi connectivity index (χ0n) is 9.41. The summed E-state index contributed by atoms with van der Waals surface area (Å²) in [6, 6.07) is 8.81. The lowest BCUT2D eigenvalue weighted by atomic mass is 9.75. The topological polar surface area (TPSA) is 21.3 Å². The molecule has 3 aliphatic rings. The van der Waals surface area contributed by atoms with E-state index in [1.165, 1.54) is 24.0 Å². The molecule has 1 aromatic carbocycles. The highest BCUT2D eigenvalue weighted by Gasteiger charge is 2.56. The van der Waals surface area contributed by atoms with E-state index in [0.29, 0.717) is 11.8 Å². The van der Waals surface area contributed by atoms with E-state index < -0.39 is 0 Å². The van der Waals surface area contributed by atoms with Crippen LogP contribution in [0.2, 0.25) is 0 Å². The van der Waals surface area contributed by atoms with Crippen LogP contribution in [0.25, 0.3) is 0 Å².